The Morgan fingerprint density at radius 3 is 1.68 bits per heavy atom. The van der Waals surface area contributed by atoms with Crippen molar-refractivity contribution >= 4 is 37.1 Å². The number of hydrogen-bond donors (Lipinski definition) is 1. The third-order valence-corrected chi connectivity index (χ3v) is 13.4. The molecule has 2 aromatic carbocycles. The SMILES string of the molecule is CCCCC(CC)CN(CC(CC)CCCC)S(=O)(=O)c1ccc(C(=C2C=CC(=[N+](CC)CC)C=C2)c2ccc(N(CC)CC)cc2)c(S(=O)(=O)O)c1. The maximum atomic E-state index is 14.6. The quantitative estimate of drug-likeness (QED) is 0.0947. The first-order chi connectivity index (χ1) is 25.3. The molecule has 2 unspecified atom stereocenters. The zero-order chi connectivity index (χ0) is 39.2. The smallest absolute Gasteiger partial charge is 0.295 e. The summed E-state index contributed by atoms with van der Waals surface area (Å²) in [4.78, 5) is 1.68. The summed E-state index contributed by atoms with van der Waals surface area (Å²) in [6, 6.07) is 12.2. The van der Waals surface area contributed by atoms with E-state index in [1.165, 1.54) is 12.1 Å². The first-order valence-corrected chi connectivity index (χ1v) is 22.9. The lowest BCUT2D eigenvalue weighted by atomic mass is 9.90. The van der Waals surface area contributed by atoms with Crippen molar-refractivity contribution in [2.45, 2.75) is 117 Å². The van der Waals surface area contributed by atoms with Gasteiger partial charge in [0.15, 0.2) is 5.71 Å². The molecule has 0 saturated carbocycles. The van der Waals surface area contributed by atoms with Gasteiger partial charge in [-0.2, -0.15) is 12.7 Å². The molecule has 8 nitrogen and oxygen atoms in total. The van der Waals surface area contributed by atoms with E-state index in [4.69, 9.17) is 0 Å². The molecule has 294 valence electrons. The fourth-order valence-corrected chi connectivity index (χ4v) is 9.66. The van der Waals surface area contributed by atoms with Gasteiger partial charge in [0.25, 0.3) is 10.1 Å². The van der Waals surface area contributed by atoms with Crippen molar-refractivity contribution in [2.24, 2.45) is 11.8 Å². The molecular formula is C43H66N3O5S2+. The van der Waals surface area contributed by atoms with Gasteiger partial charge in [-0.05, 0) is 105 Å². The van der Waals surface area contributed by atoms with Crippen LogP contribution >= 0.6 is 0 Å². The van der Waals surface area contributed by atoms with Crippen molar-refractivity contribution in [1.29, 1.82) is 0 Å². The van der Waals surface area contributed by atoms with Gasteiger partial charge in [0, 0.05) is 49.6 Å². The number of nitrogens with zero attached hydrogens (tertiary/aromatic N) is 3. The standard InChI is InChI=1S/C43H65N3O5S2/c1-9-17-19-34(11-3)32-46(33-35(12-4)20-18-10-2)52(47,48)40-29-30-41(42(31-40)53(49,50)51)43(36-21-25-38(26-22-36)44(13-5)14-6)37-23-27-39(28-24-37)45(15-7)16-8/h21-31,34-35H,9-20,32-33H2,1-8H3/p+1. The molecule has 2 aromatic rings. The van der Waals surface area contributed by atoms with Gasteiger partial charge in [-0.1, -0.05) is 84.4 Å². The molecule has 1 N–H and O–H groups in total. The van der Waals surface area contributed by atoms with E-state index in [2.05, 4.69) is 64.9 Å². The van der Waals surface area contributed by atoms with E-state index in [9.17, 15) is 21.4 Å². The minimum absolute atomic E-state index is 0.127. The van der Waals surface area contributed by atoms with Crippen LogP contribution in [0.25, 0.3) is 5.57 Å². The average Bonchev–Trinajstić information content (AvgIpc) is 3.16. The summed E-state index contributed by atoms with van der Waals surface area (Å²) in [6.45, 7) is 21.0. The lowest BCUT2D eigenvalue weighted by Gasteiger charge is -2.30. The van der Waals surface area contributed by atoms with E-state index in [0.29, 0.717) is 18.7 Å². The van der Waals surface area contributed by atoms with Crippen molar-refractivity contribution in [3.8, 4) is 0 Å². The van der Waals surface area contributed by atoms with E-state index in [-0.39, 0.29) is 22.3 Å². The highest BCUT2D eigenvalue weighted by atomic mass is 32.2. The molecule has 3 rings (SSSR count). The Hall–Kier alpha value is -3.05. The molecule has 1 aliphatic carbocycles. The number of unbranched alkanes of at least 4 members (excludes halogenated alkanes) is 2. The van der Waals surface area contributed by atoms with Gasteiger partial charge in [0.1, 0.15) is 18.0 Å². The minimum Gasteiger partial charge on any atom is -0.372 e. The van der Waals surface area contributed by atoms with Gasteiger partial charge >= 0.3 is 0 Å². The molecule has 0 fully saturated rings. The van der Waals surface area contributed by atoms with Crippen molar-refractivity contribution in [3.63, 3.8) is 0 Å². The van der Waals surface area contributed by atoms with E-state index in [1.807, 2.05) is 48.6 Å². The lowest BCUT2D eigenvalue weighted by molar-refractivity contribution is -0.519. The van der Waals surface area contributed by atoms with E-state index in [0.717, 1.165) is 100 Å². The van der Waals surface area contributed by atoms with Gasteiger partial charge in [-0.15, -0.1) is 0 Å². The number of sulfonamides is 1. The Morgan fingerprint density at radius 2 is 1.25 bits per heavy atom. The van der Waals surface area contributed by atoms with Crippen LogP contribution in [-0.4, -0.2) is 75.2 Å². The van der Waals surface area contributed by atoms with E-state index < -0.39 is 25.0 Å². The number of hydrogen-bond acceptors (Lipinski definition) is 5. The average molecular weight is 769 g/mol. The van der Waals surface area contributed by atoms with Gasteiger partial charge < -0.3 is 4.90 Å². The van der Waals surface area contributed by atoms with Crippen LogP contribution in [0.5, 0.6) is 0 Å². The maximum Gasteiger partial charge on any atom is 0.295 e. The second-order valence-corrected chi connectivity index (χ2v) is 17.4. The van der Waals surface area contributed by atoms with E-state index in [1.54, 1.807) is 10.4 Å². The van der Waals surface area contributed by atoms with Gasteiger partial charge in [-0.25, -0.2) is 13.0 Å². The summed E-state index contributed by atoms with van der Waals surface area (Å²) in [5.41, 5.74) is 4.42. The fraction of sp³-hybridized carbons (Fsp3) is 0.558. The zero-order valence-electron chi connectivity index (χ0n) is 33.6. The molecule has 0 aromatic heterocycles. The van der Waals surface area contributed by atoms with Crippen LogP contribution < -0.4 is 4.90 Å². The molecule has 0 spiro atoms. The monoisotopic (exact) mass is 768 g/mol. The fourth-order valence-electron chi connectivity index (χ4n) is 7.25. The van der Waals surface area contributed by atoms with Crippen LogP contribution in [0.4, 0.5) is 5.69 Å². The first kappa shape index (κ1) is 44.3. The van der Waals surface area contributed by atoms with Crippen LogP contribution in [0.2, 0.25) is 0 Å². The van der Waals surface area contributed by atoms with E-state index >= 15 is 0 Å². The highest BCUT2D eigenvalue weighted by Gasteiger charge is 2.32. The topological polar surface area (TPSA) is 98.0 Å². The van der Waals surface area contributed by atoms with Gasteiger partial charge in [-0.3, -0.25) is 4.55 Å². The van der Waals surface area contributed by atoms with Crippen LogP contribution in [-0.2, 0) is 20.1 Å². The second-order valence-electron chi connectivity index (χ2n) is 14.1. The normalized spacial score (nSPS) is 14.5. The molecule has 2 atom stereocenters. The Balaban J connectivity index is 2.29. The number of rotatable bonds is 22. The molecule has 0 heterocycles. The molecule has 0 bridgehead atoms. The minimum atomic E-state index is -4.86. The summed E-state index contributed by atoms with van der Waals surface area (Å²) in [5, 5.41) is 0. The second kappa shape index (κ2) is 21.1. The summed E-state index contributed by atoms with van der Waals surface area (Å²) < 4.78 is 70.5. The number of allylic oxidation sites excluding steroid dienone is 5. The zero-order valence-corrected chi connectivity index (χ0v) is 35.3. The molecular weight excluding hydrogens is 703 g/mol. The largest absolute Gasteiger partial charge is 0.372 e. The van der Waals surface area contributed by atoms with Gasteiger partial charge in [0.2, 0.25) is 10.0 Å². The summed E-state index contributed by atoms with van der Waals surface area (Å²) in [6.07, 6.45) is 15.6. The highest BCUT2D eigenvalue weighted by Crippen LogP contribution is 2.37. The maximum absolute atomic E-state index is 14.6. The predicted octanol–water partition coefficient (Wildman–Crippen LogP) is 9.62. The van der Waals surface area contributed by atoms with Crippen molar-refractivity contribution in [3.05, 3.63) is 83.5 Å². The molecule has 0 saturated heterocycles. The van der Waals surface area contributed by atoms with Crippen molar-refractivity contribution in [2.75, 3.05) is 44.2 Å². The first-order valence-electron chi connectivity index (χ1n) is 20.0. The molecule has 0 aliphatic heterocycles. The third-order valence-electron chi connectivity index (χ3n) is 10.7. The van der Waals surface area contributed by atoms with Crippen molar-refractivity contribution in [1.82, 2.24) is 4.31 Å². The number of anilines is 1. The number of benzene rings is 2. The molecule has 0 amide bonds. The van der Waals surface area contributed by atoms with Crippen molar-refractivity contribution < 1.29 is 26.0 Å². The van der Waals surface area contributed by atoms with Gasteiger partial charge in [0.05, 0.1) is 4.90 Å². The summed E-state index contributed by atoms with van der Waals surface area (Å²) >= 11 is 0. The summed E-state index contributed by atoms with van der Waals surface area (Å²) in [5.74, 6) is 0.375. The van der Waals surface area contributed by atoms with Crippen LogP contribution in [0, 0.1) is 11.8 Å². The molecule has 1 aliphatic rings. The van der Waals surface area contributed by atoms with Crippen LogP contribution in [0.1, 0.15) is 118 Å². The Kier molecular flexibility index (Phi) is 17.7. The Morgan fingerprint density at radius 1 is 0.717 bits per heavy atom. The molecule has 0 radical (unpaired) electrons. The highest BCUT2D eigenvalue weighted by molar-refractivity contribution is 7.89. The Labute approximate surface area is 322 Å². The molecule has 10 heteroatoms. The predicted molar refractivity (Wildman–Crippen MR) is 222 cm³/mol. The van der Waals surface area contributed by atoms with Crippen LogP contribution in [0.15, 0.2) is 82.1 Å². The molecule has 53 heavy (non-hydrogen) atoms. The third kappa shape index (κ3) is 11.7. The Bertz CT molecular complexity index is 1780. The lowest BCUT2D eigenvalue weighted by Crippen LogP contribution is -2.39. The van der Waals surface area contributed by atoms with Crippen LogP contribution in [0.3, 0.4) is 0 Å². The summed E-state index contributed by atoms with van der Waals surface area (Å²) in [7, 11) is -8.98.